The number of nitrogens with one attached hydrogen (secondary N) is 2. The van der Waals surface area contributed by atoms with E-state index in [2.05, 4.69) is 36.6 Å². The monoisotopic (exact) mass is 260 g/mol. The van der Waals surface area contributed by atoms with Gasteiger partial charge in [0, 0.05) is 18.2 Å². The SMILES string of the molecule is Cc1cc(C)c(C(=O)NC2CNCCC2C)c(C)c1. The highest BCUT2D eigenvalue weighted by Gasteiger charge is 2.24. The molecule has 0 bridgehead atoms. The van der Waals surface area contributed by atoms with Crippen LogP contribution in [0.2, 0.25) is 0 Å². The maximum atomic E-state index is 12.5. The third kappa shape index (κ3) is 3.16. The zero-order valence-electron chi connectivity index (χ0n) is 12.3. The number of benzene rings is 1. The zero-order valence-corrected chi connectivity index (χ0v) is 12.3. The van der Waals surface area contributed by atoms with Crippen molar-refractivity contribution in [2.75, 3.05) is 13.1 Å². The van der Waals surface area contributed by atoms with E-state index in [9.17, 15) is 4.79 Å². The normalized spacial score (nSPS) is 23.2. The molecule has 104 valence electrons. The topological polar surface area (TPSA) is 41.1 Å². The van der Waals surface area contributed by atoms with Gasteiger partial charge in [-0.2, -0.15) is 0 Å². The highest BCUT2D eigenvalue weighted by molar-refractivity contribution is 5.97. The van der Waals surface area contributed by atoms with E-state index in [1.165, 1.54) is 5.56 Å². The lowest BCUT2D eigenvalue weighted by atomic mass is 9.93. The molecule has 2 N–H and O–H groups in total. The Balaban J connectivity index is 2.16. The fraction of sp³-hybridized carbons (Fsp3) is 0.562. The van der Waals surface area contributed by atoms with E-state index < -0.39 is 0 Å². The van der Waals surface area contributed by atoms with Gasteiger partial charge in [0.05, 0.1) is 0 Å². The third-order valence-electron chi connectivity index (χ3n) is 4.05. The molecule has 2 rings (SSSR count). The molecule has 3 nitrogen and oxygen atoms in total. The van der Waals surface area contributed by atoms with Crippen molar-refractivity contribution in [1.29, 1.82) is 0 Å². The minimum Gasteiger partial charge on any atom is -0.348 e. The fourth-order valence-electron chi connectivity index (χ4n) is 2.96. The van der Waals surface area contributed by atoms with Gasteiger partial charge in [0.25, 0.3) is 5.91 Å². The molecule has 1 aromatic carbocycles. The number of amides is 1. The van der Waals surface area contributed by atoms with Gasteiger partial charge in [-0.1, -0.05) is 24.6 Å². The summed E-state index contributed by atoms with van der Waals surface area (Å²) in [5.74, 6) is 0.604. The van der Waals surface area contributed by atoms with E-state index in [4.69, 9.17) is 0 Å². The van der Waals surface area contributed by atoms with Crippen LogP contribution >= 0.6 is 0 Å². The molecule has 1 aliphatic rings. The highest BCUT2D eigenvalue weighted by Crippen LogP contribution is 2.18. The molecule has 1 fully saturated rings. The molecule has 0 aromatic heterocycles. The second-order valence-corrected chi connectivity index (χ2v) is 5.82. The van der Waals surface area contributed by atoms with Crippen molar-refractivity contribution in [2.45, 2.75) is 40.2 Å². The first-order valence-electron chi connectivity index (χ1n) is 7.08. The van der Waals surface area contributed by atoms with Crippen molar-refractivity contribution in [1.82, 2.24) is 10.6 Å². The number of piperidine rings is 1. The van der Waals surface area contributed by atoms with Crippen LogP contribution in [0, 0.1) is 26.7 Å². The van der Waals surface area contributed by atoms with Gasteiger partial charge in [-0.15, -0.1) is 0 Å². The molecule has 0 radical (unpaired) electrons. The lowest BCUT2D eigenvalue weighted by Gasteiger charge is -2.30. The smallest absolute Gasteiger partial charge is 0.252 e. The first-order valence-corrected chi connectivity index (χ1v) is 7.08. The molecular formula is C16H24N2O. The highest BCUT2D eigenvalue weighted by atomic mass is 16.1. The van der Waals surface area contributed by atoms with Gasteiger partial charge in [-0.25, -0.2) is 0 Å². The Morgan fingerprint density at radius 3 is 2.47 bits per heavy atom. The van der Waals surface area contributed by atoms with Gasteiger partial charge in [-0.05, 0) is 50.8 Å². The first kappa shape index (κ1) is 14.1. The quantitative estimate of drug-likeness (QED) is 0.857. The summed E-state index contributed by atoms with van der Waals surface area (Å²) in [6.07, 6.45) is 1.12. The summed E-state index contributed by atoms with van der Waals surface area (Å²) in [7, 11) is 0. The van der Waals surface area contributed by atoms with Gasteiger partial charge in [0.15, 0.2) is 0 Å². The predicted molar refractivity (Wildman–Crippen MR) is 78.6 cm³/mol. The Bertz CT molecular complexity index is 459. The van der Waals surface area contributed by atoms with Crippen molar-refractivity contribution in [2.24, 2.45) is 5.92 Å². The Kier molecular flexibility index (Phi) is 4.25. The van der Waals surface area contributed by atoms with Crippen LogP contribution in [0.15, 0.2) is 12.1 Å². The number of carbonyl (C=O) groups excluding carboxylic acids is 1. The van der Waals surface area contributed by atoms with Crippen molar-refractivity contribution in [3.05, 3.63) is 34.4 Å². The molecule has 3 heteroatoms. The van der Waals surface area contributed by atoms with Gasteiger partial charge < -0.3 is 10.6 Å². The summed E-state index contributed by atoms with van der Waals surface area (Å²) >= 11 is 0. The molecular weight excluding hydrogens is 236 g/mol. The number of hydrogen-bond donors (Lipinski definition) is 2. The van der Waals surface area contributed by atoms with Crippen LogP contribution < -0.4 is 10.6 Å². The fourth-order valence-corrected chi connectivity index (χ4v) is 2.96. The molecule has 2 unspecified atom stereocenters. The summed E-state index contributed by atoms with van der Waals surface area (Å²) in [5, 5.41) is 6.53. The summed E-state index contributed by atoms with van der Waals surface area (Å²) in [6.45, 7) is 10.2. The van der Waals surface area contributed by atoms with E-state index in [0.717, 1.165) is 36.2 Å². The average molecular weight is 260 g/mol. The molecule has 2 atom stereocenters. The summed E-state index contributed by atoms with van der Waals surface area (Å²) in [6, 6.07) is 4.39. The molecule has 1 aromatic rings. The van der Waals surface area contributed by atoms with E-state index >= 15 is 0 Å². The van der Waals surface area contributed by atoms with E-state index in [1.807, 2.05) is 13.8 Å². The minimum absolute atomic E-state index is 0.0653. The van der Waals surface area contributed by atoms with Gasteiger partial charge in [0.2, 0.25) is 0 Å². The lowest BCUT2D eigenvalue weighted by molar-refractivity contribution is 0.0914. The van der Waals surface area contributed by atoms with Crippen molar-refractivity contribution in [3.63, 3.8) is 0 Å². The number of rotatable bonds is 2. The van der Waals surface area contributed by atoms with Gasteiger partial charge >= 0.3 is 0 Å². The van der Waals surface area contributed by atoms with Gasteiger partial charge in [0.1, 0.15) is 0 Å². The molecule has 19 heavy (non-hydrogen) atoms. The maximum absolute atomic E-state index is 12.5. The molecule has 0 saturated carbocycles. The Labute approximate surface area is 115 Å². The average Bonchev–Trinajstić information content (AvgIpc) is 2.30. The van der Waals surface area contributed by atoms with Crippen LogP contribution in [0.4, 0.5) is 0 Å². The third-order valence-corrected chi connectivity index (χ3v) is 4.05. The van der Waals surface area contributed by atoms with Crippen LogP contribution in [-0.2, 0) is 0 Å². The molecule has 1 amide bonds. The molecule has 1 aliphatic heterocycles. The largest absolute Gasteiger partial charge is 0.348 e. The second-order valence-electron chi connectivity index (χ2n) is 5.82. The standard InChI is InChI=1S/C16H24N2O/c1-10-7-12(3)15(13(4)8-10)16(19)18-14-9-17-6-5-11(14)2/h7-8,11,14,17H,5-6,9H2,1-4H3,(H,18,19). The number of hydrogen-bond acceptors (Lipinski definition) is 2. The predicted octanol–water partition coefficient (Wildman–Crippen LogP) is 2.34. The number of aryl methyl sites for hydroxylation is 3. The van der Waals surface area contributed by atoms with Crippen LogP contribution in [0.5, 0.6) is 0 Å². The van der Waals surface area contributed by atoms with Crippen LogP contribution in [0.1, 0.15) is 40.4 Å². The molecule has 1 heterocycles. The summed E-state index contributed by atoms with van der Waals surface area (Å²) in [4.78, 5) is 12.5. The van der Waals surface area contributed by atoms with Crippen LogP contribution in [0.25, 0.3) is 0 Å². The Morgan fingerprint density at radius 1 is 1.26 bits per heavy atom. The van der Waals surface area contributed by atoms with Crippen molar-refractivity contribution < 1.29 is 4.79 Å². The van der Waals surface area contributed by atoms with Crippen molar-refractivity contribution in [3.8, 4) is 0 Å². The van der Waals surface area contributed by atoms with Crippen molar-refractivity contribution >= 4 is 5.91 Å². The second kappa shape index (κ2) is 5.74. The van der Waals surface area contributed by atoms with E-state index in [-0.39, 0.29) is 11.9 Å². The lowest BCUT2D eigenvalue weighted by Crippen LogP contribution is -2.50. The summed E-state index contributed by atoms with van der Waals surface area (Å²) < 4.78 is 0. The molecule has 0 spiro atoms. The van der Waals surface area contributed by atoms with E-state index in [1.54, 1.807) is 0 Å². The van der Waals surface area contributed by atoms with Gasteiger partial charge in [-0.3, -0.25) is 4.79 Å². The zero-order chi connectivity index (χ0) is 14.0. The number of carbonyl (C=O) groups is 1. The first-order chi connectivity index (χ1) is 8.99. The summed E-state index contributed by atoms with van der Waals surface area (Å²) in [5.41, 5.74) is 4.17. The van der Waals surface area contributed by atoms with Crippen LogP contribution in [-0.4, -0.2) is 25.0 Å². The Hall–Kier alpha value is -1.35. The minimum atomic E-state index is 0.0653. The molecule has 0 aliphatic carbocycles. The van der Waals surface area contributed by atoms with Crippen LogP contribution in [0.3, 0.4) is 0 Å². The van der Waals surface area contributed by atoms with E-state index in [0.29, 0.717) is 5.92 Å². The molecule has 1 saturated heterocycles. The maximum Gasteiger partial charge on any atom is 0.252 e. The Morgan fingerprint density at radius 2 is 1.89 bits per heavy atom.